The van der Waals surface area contributed by atoms with E-state index in [2.05, 4.69) is 31.0 Å². The molecule has 0 bridgehead atoms. The lowest BCUT2D eigenvalue weighted by atomic mass is 9.89. The van der Waals surface area contributed by atoms with Crippen LogP contribution in [0.3, 0.4) is 0 Å². The number of aromatic nitrogens is 6. The van der Waals surface area contributed by atoms with E-state index in [-0.39, 0.29) is 23.6 Å². The third-order valence-electron chi connectivity index (χ3n) is 6.55. The fourth-order valence-corrected chi connectivity index (χ4v) is 4.45. The Morgan fingerprint density at radius 3 is 2.92 bits per heavy atom. The summed E-state index contributed by atoms with van der Waals surface area (Å²) in [6, 6.07) is 5.57. The molecule has 0 aromatic carbocycles. The van der Waals surface area contributed by atoms with Gasteiger partial charge in [-0.15, -0.1) is 0 Å². The number of rotatable bonds is 7. The number of carbonyl (C=O) groups is 1. The molecule has 0 unspecified atom stereocenters. The van der Waals surface area contributed by atoms with Crippen molar-refractivity contribution in [2.24, 2.45) is 0 Å². The van der Waals surface area contributed by atoms with Gasteiger partial charge in [0.2, 0.25) is 0 Å². The minimum atomic E-state index is -0.302. The van der Waals surface area contributed by atoms with Gasteiger partial charge in [0.1, 0.15) is 29.5 Å². The highest BCUT2D eigenvalue weighted by Crippen LogP contribution is 2.25. The number of imidazole rings is 1. The number of methoxy groups -OCH3 is 1. The van der Waals surface area contributed by atoms with Crippen molar-refractivity contribution in [3.05, 3.63) is 52.7 Å². The van der Waals surface area contributed by atoms with Gasteiger partial charge in [-0.1, -0.05) is 0 Å². The molecule has 1 aliphatic heterocycles. The third-order valence-corrected chi connectivity index (χ3v) is 6.55. The van der Waals surface area contributed by atoms with Crippen molar-refractivity contribution in [2.75, 3.05) is 31.4 Å². The van der Waals surface area contributed by atoms with Crippen LogP contribution in [0.2, 0.25) is 0 Å². The molecule has 2 aliphatic rings. The van der Waals surface area contributed by atoms with Crippen molar-refractivity contribution in [3.8, 4) is 11.8 Å². The van der Waals surface area contributed by atoms with Crippen molar-refractivity contribution in [3.63, 3.8) is 0 Å². The lowest BCUT2D eigenvalue weighted by molar-refractivity contribution is 0.00732. The van der Waals surface area contributed by atoms with Gasteiger partial charge in [0.15, 0.2) is 11.5 Å². The van der Waals surface area contributed by atoms with Crippen molar-refractivity contribution >= 4 is 28.9 Å². The summed E-state index contributed by atoms with van der Waals surface area (Å²) in [5.74, 6) is 1.17. The van der Waals surface area contributed by atoms with Gasteiger partial charge in [0, 0.05) is 26.4 Å². The molecule has 0 radical (unpaired) electrons. The number of nitrogens with zero attached hydrogens (tertiary/aromatic N) is 6. The minimum Gasteiger partial charge on any atom is -0.463 e. The number of hydrogen-bond donors (Lipinski definition) is 3. The predicted octanol–water partition coefficient (Wildman–Crippen LogP) is 1.16. The lowest BCUT2D eigenvalue weighted by Gasteiger charge is -2.35. The number of hydrogen-bond acceptors (Lipinski definition) is 9. The van der Waals surface area contributed by atoms with Crippen molar-refractivity contribution in [1.82, 2.24) is 34.0 Å². The Morgan fingerprint density at radius 1 is 1.28 bits per heavy atom. The van der Waals surface area contributed by atoms with Crippen molar-refractivity contribution in [1.29, 1.82) is 0 Å². The topological polar surface area (TPSA) is 142 Å². The molecule has 1 amide bonds. The van der Waals surface area contributed by atoms with E-state index in [1.165, 1.54) is 10.8 Å². The Balaban J connectivity index is 1.32. The van der Waals surface area contributed by atoms with Crippen molar-refractivity contribution < 1.29 is 14.3 Å². The summed E-state index contributed by atoms with van der Waals surface area (Å²) in [5.41, 5.74) is 0.682. The zero-order chi connectivity index (χ0) is 24.8. The molecule has 13 nitrogen and oxygen atoms in total. The minimum absolute atomic E-state index is 0.0112. The molecule has 13 heteroatoms. The highest BCUT2D eigenvalue weighted by atomic mass is 16.5. The maximum atomic E-state index is 13.2. The van der Waals surface area contributed by atoms with Crippen LogP contribution in [0.5, 0.6) is 6.01 Å². The Labute approximate surface area is 205 Å². The summed E-state index contributed by atoms with van der Waals surface area (Å²) < 4.78 is 15.7. The molecule has 1 fully saturated rings. The maximum Gasteiger partial charge on any atom is 0.298 e. The fraction of sp³-hybridized carbons (Fsp3) is 0.348. The Morgan fingerprint density at radius 2 is 2.17 bits per heavy atom. The summed E-state index contributed by atoms with van der Waals surface area (Å²) in [5, 5.41) is 13.5. The monoisotopic (exact) mass is 491 g/mol. The Hall–Kier alpha value is -4.39. The second-order valence-electron chi connectivity index (χ2n) is 8.65. The van der Waals surface area contributed by atoms with Gasteiger partial charge < -0.3 is 25.4 Å². The van der Waals surface area contributed by atoms with E-state index in [1.807, 2.05) is 4.57 Å². The molecular weight excluding hydrogens is 466 g/mol. The number of pyridine rings is 1. The zero-order valence-electron chi connectivity index (χ0n) is 19.8. The van der Waals surface area contributed by atoms with Crippen molar-refractivity contribution in [2.45, 2.75) is 31.5 Å². The molecule has 2 atom stereocenters. The van der Waals surface area contributed by atoms with E-state index in [1.54, 1.807) is 49.3 Å². The van der Waals surface area contributed by atoms with Gasteiger partial charge in [-0.2, -0.15) is 14.6 Å². The van der Waals surface area contributed by atoms with E-state index in [0.717, 1.165) is 12.8 Å². The number of carbonyl (C=O) groups excluding carboxylic acids is 1. The average molecular weight is 492 g/mol. The molecule has 0 spiro atoms. The number of anilines is 3. The first kappa shape index (κ1) is 22.1. The molecule has 6 rings (SSSR count). The van der Waals surface area contributed by atoms with Crippen LogP contribution in [0.25, 0.3) is 11.5 Å². The van der Waals surface area contributed by atoms with Gasteiger partial charge in [-0.05, 0) is 25.0 Å². The second kappa shape index (κ2) is 8.68. The number of nitrogens with one attached hydrogen (secondary N) is 3. The van der Waals surface area contributed by atoms with E-state index in [9.17, 15) is 9.59 Å². The van der Waals surface area contributed by atoms with Crippen LogP contribution in [0, 0.1) is 0 Å². The van der Waals surface area contributed by atoms with E-state index in [0.29, 0.717) is 53.5 Å². The molecule has 36 heavy (non-hydrogen) atoms. The van der Waals surface area contributed by atoms with Gasteiger partial charge in [-0.3, -0.25) is 18.7 Å². The predicted molar refractivity (Wildman–Crippen MR) is 130 cm³/mol. The summed E-state index contributed by atoms with van der Waals surface area (Å²) >= 11 is 0. The SMILES string of the molecule is CNc1cc(Nc2cccn(-c3cn4c(n3)OCC4)c2=O)nc2c(C(=O)N[C@@H]3CC[C@H]3OC)cnn12. The summed E-state index contributed by atoms with van der Waals surface area (Å²) in [6.07, 6.45) is 6.70. The molecule has 4 aromatic heterocycles. The van der Waals surface area contributed by atoms with Crippen LogP contribution in [0.1, 0.15) is 23.2 Å². The smallest absolute Gasteiger partial charge is 0.298 e. The van der Waals surface area contributed by atoms with Gasteiger partial charge in [-0.25, -0.2) is 4.98 Å². The van der Waals surface area contributed by atoms with E-state index in [4.69, 9.17) is 9.47 Å². The number of amides is 1. The molecular formula is C23H25N9O4. The largest absolute Gasteiger partial charge is 0.463 e. The zero-order valence-corrected chi connectivity index (χ0v) is 19.8. The van der Waals surface area contributed by atoms with Gasteiger partial charge in [0.05, 0.1) is 31.1 Å². The van der Waals surface area contributed by atoms with Crippen LogP contribution in [-0.2, 0) is 11.3 Å². The Kier molecular flexibility index (Phi) is 5.33. The van der Waals surface area contributed by atoms with Crippen LogP contribution >= 0.6 is 0 Å². The quantitative estimate of drug-likeness (QED) is 0.347. The van der Waals surface area contributed by atoms with Gasteiger partial charge in [0.25, 0.3) is 17.5 Å². The molecule has 1 aliphatic carbocycles. The summed E-state index contributed by atoms with van der Waals surface area (Å²) in [4.78, 5) is 35.2. The lowest BCUT2D eigenvalue weighted by Crippen LogP contribution is -2.51. The fourth-order valence-electron chi connectivity index (χ4n) is 4.45. The molecule has 3 N–H and O–H groups in total. The summed E-state index contributed by atoms with van der Waals surface area (Å²) in [6.45, 7) is 1.27. The van der Waals surface area contributed by atoms with E-state index >= 15 is 0 Å². The highest BCUT2D eigenvalue weighted by molar-refractivity contribution is 6.00. The van der Waals surface area contributed by atoms with Gasteiger partial charge >= 0.3 is 0 Å². The first-order chi connectivity index (χ1) is 17.6. The second-order valence-corrected chi connectivity index (χ2v) is 8.65. The van der Waals surface area contributed by atoms with E-state index < -0.39 is 0 Å². The summed E-state index contributed by atoms with van der Waals surface area (Å²) in [7, 11) is 3.38. The number of fused-ring (bicyclic) bond motifs is 2. The molecule has 5 heterocycles. The standard InChI is InChI=1S/C23H25N9O4/c1-24-18-10-17(28-20-13(11-25-32(18)20)21(33)27-14-5-6-16(14)35-2)26-15-4-3-7-31(22(15)34)19-12-30-8-9-36-23(30)29-19/h3-4,7,10-12,14,16,24H,5-6,8-9H2,1-2H3,(H,26,28)(H,27,33)/t14-,16-/m1/s1. The maximum absolute atomic E-state index is 13.2. The average Bonchev–Trinajstić information content (AvgIpc) is 3.58. The molecule has 4 aromatic rings. The van der Waals surface area contributed by atoms with Crippen LogP contribution in [0.4, 0.5) is 17.3 Å². The number of ether oxygens (including phenoxy) is 2. The third kappa shape index (κ3) is 3.64. The highest BCUT2D eigenvalue weighted by Gasteiger charge is 2.33. The molecule has 186 valence electrons. The normalized spacial score (nSPS) is 18.4. The Bertz CT molecular complexity index is 1500. The molecule has 0 saturated heterocycles. The van der Waals surface area contributed by atoms with Crippen LogP contribution in [-0.4, -0.2) is 67.5 Å². The first-order valence-electron chi connectivity index (χ1n) is 11.6. The van der Waals surface area contributed by atoms with Crippen LogP contribution in [0.15, 0.2) is 41.6 Å². The van der Waals surface area contributed by atoms with Crippen LogP contribution < -0.4 is 26.2 Å². The molecule has 1 saturated carbocycles. The first-order valence-corrected chi connectivity index (χ1v) is 11.6.